The van der Waals surface area contributed by atoms with Crippen LogP contribution in [-0.2, 0) is 20.1 Å². The largest absolute Gasteiger partial charge is 0.292 e. The molecule has 1 aromatic carbocycles. The molecule has 134 valence electrons. The third kappa shape index (κ3) is 2.93. The Morgan fingerprint density at radius 1 is 1.12 bits per heavy atom. The quantitative estimate of drug-likeness (QED) is 0.526. The Balaban J connectivity index is 1.75. The van der Waals surface area contributed by atoms with Crippen molar-refractivity contribution in [2.24, 2.45) is 7.05 Å². The average Bonchev–Trinajstić information content (AvgIpc) is 3.28. The van der Waals surface area contributed by atoms with E-state index >= 15 is 0 Å². The summed E-state index contributed by atoms with van der Waals surface area (Å²) in [6, 6.07) is 12.4. The molecule has 7 heteroatoms. The second kappa shape index (κ2) is 7.01. The molecule has 0 N–H and O–H groups in total. The molecule has 6 nitrogen and oxygen atoms in total. The number of thiophene rings is 1. The van der Waals surface area contributed by atoms with Gasteiger partial charge in [0.25, 0.3) is 5.56 Å². The van der Waals surface area contributed by atoms with E-state index in [1.54, 1.807) is 11.6 Å². The average molecular weight is 367 g/mol. The molecule has 0 saturated heterocycles. The van der Waals surface area contributed by atoms with Crippen LogP contribution < -0.4 is 5.56 Å². The monoisotopic (exact) mass is 367 g/mol. The summed E-state index contributed by atoms with van der Waals surface area (Å²) < 4.78 is 4.34. The summed E-state index contributed by atoms with van der Waals surface area (Å²) in [5, 5.41) is 10.6. The van der Waals surface area contributed by atoms with Crippen LogP contribution >= 0.6 is 11.3 Å². The number of fused-ring (bicyclic) bond motifs is 3. The zero-order valence-corrected chi connectivity index (χ0v) is 15.7. The van der Waals surface area contributed by atoms with Crippen LogP contribution in [0.4, 0.5) is 0 Å². The first-order chi connectivity index (χ1) is 12.7. The van der Waals surface area contributed by atoms with Gasteiger partial charge in [-0.15, -0.1) is 21.5 Å². The third-order valence-corrected chi connectivity index (χ3v) is 5.44. The van der Waals surface area contributed by atoms with E-state index in [0.717, 1.165) is 35.6 Å². The highest BCUT2D eigenvalue weighted by atomic mass is 32.1. The molecule has 0 fully saturated rings. The second-order valence-corrected chi connectivity index (χ2v) is 7.36. The molecule has 3 aromatic heterocycles. The Hall–Kier alpha value is -2.51. The van der Waals surface area contributed by atoms with Gasteiger partial charge in [-0.05, 0) is 30.0 Å². The first-order valence-electron chi connectivity index (χ1n) is 8.75. The zero-order valence-electron chi connectivity index (χ0n) is 14.9. The third-order valence-electron chi connectivity index (χ3n) is 4.55. The van der Waals surface area contributed by atoms with Crippen molar-refractivity contribution in [2.75, 3.05) is 6.54 Å². The van der Waals surface area contributed by atoms with Crippen molar-refractivity contribution in [3.63, 3.8) is 0 Å². The van der Waals surface area contributed by atoms with Crippen LogP contribution in [0.1, 0.15) is 24.7 Å². The van der Waals surface area contributed by atoms with Crippen molar-refractivity contribution in [3.05, 3.63) is 63.5 Å². The van der Waals surface area contributed by atoms with E-state index < -0.39 is 0 Å². The number of benzene rings is 1. The van der Waals surface area contributed by atoms with Crippen molar-refractivity contribution in [2.45, 2.75) is 26.4 Å². The fourth-order valence-corrected chi connectivity index (χ4v) is 4.18. The first-order valence-corrected chi connectivity index (χ1v) is 9.63. The minimum atomic E-state index is -0.0175. The normalized spacial score (nSPS) is 11.8. The van der Waals surface area contributed by atoms with Crippen molar-refractivity contribution in [1.82, 2.24) is 24.1 Å². The van der Waals surface area contributed by atoms with E-state index in [-0.39, 0.29) is 5.56 Å². The highest BCUT2D eigenvalue weighted by molar-refractivity contribution is 7.17. The number of hydrogen-bond acceptors (Lipinski definition) is 5. The van der Waals surface area contributed by atoms with E-state index in [1.165, 1.54) is 16.9 Å². The first kappa shape index (κ1) is 16.9. The summed E-state index contributed by atoms with van der Waals surface area (Å²) in [5.41, 5.74) is 2.16. The van der Waals surface area contributed by atoms with Crippen molar-refractivity contribution < 1.29 is 0 Å². The van der Waals surface area contributed by atoms with Crippen LogP contribution in [0.3, 0.4) is 0 Å². The molecule has 3 heterocycles. The summed E-state index contributed by atoms with van der Waals surface area (Å²) in [4.78, 5) is 14.8. The van der Waals surface area contributed by atoms with Crippen molar-refractivity contribution in [1.29, 1.82) is 0 Å². The highest BCUT2D eigenvalue weighted by Gasteiger charge is 2.17. The molecular weight excluding hydrogens is 346 g/mol. The fraction of sp³-hybridized carbons (Fsp3) is 0.316. The molecule has 0 atom stereocenters. The van der Waals surface area contributed by atoms with E-state index in [2.05, 4.69) is 46.3 Å². The molecular formula is C19H21N5OS. The Morgan fingerprint density at radius 3 is 2.69 bits per heavy atom. The summed E-state index contributed by atoms with van der Waals surface area (Å²) in [6.07, 6.45) is 1.07. The van der Waals surface area contributed by atoms with Gasteiger partial charge in [-0.1, -0.05) is 37.3 Å². The Morgan fingerprint density at radius 2 is 1.92 bits per heavy atom. The van der Waals surface area contributed by atoms with Crippen LogP contribution in [0, 0.1) is 0 Å². The topological polar surface area (TPSA) is 55.4 Å². The van der Waals surface area contributed by atoms with Gasteiger partial charge in [-0.25, -0.2) is 0 Å². The summed E-state index contributed by atoms with van der Waals surface area (Å²) in [6.45, 7) is 4.71. The van der Waals surface area contributed by atoms with Crippen LogP contribution in [0.2, 0.25) is 0 Å². The minimum Gasteiger partial charge on any atom is -0.292 e. The Labute approximate surface area is 155 Å². The highest BCUT2D eigenvalue weighted by Crippen LogP contribution is 2.20. The standard InChI is InChI=1S/C19H21N5OS/c1-3-10-23(12-14-7-5-4-6-8-14)13-16-20-21-19-22(2)18(25)17-15(24(16)19)9-11-26-17/h4-9,11H,3,10,12-13H2,1-2H3. The maximum Gasteiger partial charge on any atom is 0.272 e. The predicted molar refractivity (Wildman–Crippen MR) is 104 cm³/mol. The van der Waals surface area contributed by atoms with Crippen LogP contribution in [0.5, 0.6) is 0 Å². The van der Waals surface area contributed by atoms with E-state index in [1.807, 2.05) is 21.9 Å². The lowest BCUT2D eigenvalue weighted by Gasteiger charge is -2.21. The molecule has 0 aliphatic carbocycles. The van der Waals surface area contributed by atoms with Gasteiger partial charge in [-0.2, -0.15) is 0 Å². The molecule has 0 bridgehead atoms. The maximum atomic E-state index is 12.5. The molecule has 0 spiro atoms. The Kier molecular flexibility index (Phi) is 4.57. The molecule has 0 aliphatic heterocycles. The van der Waals surface area contributed by atoms with Crippen LogP contribution in [0.15, 0.2) is 46.6 Å². The Bertz CT molecular complexity index is 1100. The zero-order chi connectivity index (χ0) is 18.1. The predicted octanol–water partition coefficient (Wildman–Crippen LogP) is 3.05. The SMILES string of the molecule is CCCN(Cc1ccccc1)Cc1nnc2n(C)c(=O)c3sccc3n12. The van der Waals surface area contributed by atoms with Crippen LogP contribution in [0.25, 0.3) is 16.0 Å². The van der Waals surface area contributed by atoms with E-state index in [4.69, 9.17) is 0 Å². The molecule has 0 unspecified atom stereocenters. The van der Waals surface area contributed by atoms with Gasteiger partial charge in [0.05, 0.1) is 12.1 Å². The minimum absolute atomic E-state index is 0.0175. The van der Waals surface area contributed by atoms with Crippen molar-refractivity contribution >= 4 is 27.3 Å². The lowest BCUT2D eigenvalue weighted by atomic mass is 10.2. The molecule has 4 aromatic rings. The smallest absolute Gasteiger partial charge is 0.272 e. The summed E-state index contributed by atoms with van der Waals surface area (Å²) in [5.74, 6) is 1.45. The van der Waals surface area contributed by atoms with Gasteiger partial charge in [0, 0.05) is 13.6 Å². The lowest BCUT2D eigenvalue weighted by molar-refractivity contribution is 0.250. The van der Waals surface area contributed by atoms with Gasteiger partial charge >= 0.3 is 0 Å². The summed E-state index contributed by atoms with van der Waals surface area (Å²) in [7, 11) is 1.75. The van der Waals surface area contributed by atoms with Crippen LogP contribution in [-0.4, -0.2) is 30.6 Å². The molecule has 0 radical (unpaired) electrons. The molecule has 4 rings (SSSR count). The summed E-state index contributed by atoms with van der Waals surface area (Å²) >= 11 is 1.46. The molecule has 0 saturated carbocycles. The van der Waals surface area contributed by atoms with Gasteiger partial charge < -0.3 is 0 Å². The van der Waals surface area contributed by atoms with Gasteiger partial charge in [0.1, 0.15) is 4.70 Å². The number of aryl methyl sites for hydroxylation is 1. The van der Waals surface area contributed by atoms with Crippen molar-refractivity contribution in [3.8, 4) is 0 Å². The van der Waals surface area contributed by atoms with E-state index in [0.29, 0.717) is 12.3 Å². The molecule has 0 aliphatic rings. The molecule has 0 amide bonds. The molecule has 26 heavy (non-hydrogen) atoms. The fourth-order valence-electron chi connectivity index (χ4n) is 3.33. The number of rotatable bonds is 6. The number of aromatic nitrogens is 4. The maximum absolute atomic E-state index is 12.5. The van der Waals surface area contributed by atoms with Gasteiger partial charge in [-0.3, -0.25) is 18.7 Å². The van der Waals surface area contributed by atoms with Gasteiger partial charge in [0.15, 0.2) is 5.82 Å². The lowest BCUT2D eigenvalue weighted by Crippen LogP contribution is -2.25. The number of nitrogens with zero attached hydrogens (tertiary/aromatic N) is 5. The van der Waals surface area contributed by atoms with E-state index in [9.17, 15) is 4.79 Å². The number of hydrogen-bond donors (Lipinski definition) is 0. The second-order valence-electron chi connectivity index (χ2n) is 6.45. The van der Waals surface area contributed by atoms with Gasteiger partial charge in [0.2, 0.25) is 5.78 Å².